The van der Waals surface area contributed by atoms with E-state index in [1.807, 2.05) is 13.8 Å². The first-order valence-electron chi connectivity index (χ1n) is 8.23. The van der Waals surface area contributed by atoms with E-state index in [0.29, 0.717) is 5.56 Å². The maximum atomic E-state index is 12.2. The molecule has 2 rings (SSSR count). The Hall–Kier alpha value is -3.28. The second kappa shape index (κ2) is 8.40. The van der Waals surface area contributed by atoms with Gasteiger partial charge in [0.15, 0.2) is 11.5 Å². The van der Waals surface area contributed by atoms with Crippen LogP contribution in [0.4, 0.5) is 0 Å². The SMILES string of the molecule is C=CC(C)(C)c1cccc(C(=O)OC)c1OOc1ccccc1C(=O)OC. The van der Waals surface area contributed by atoms with Crippen LogP contribution in [0.2, 0.25) is 0 Å². The molecule has 2 aromatic carbocycles. The zero-order valence-electron chi connectivity index (χ0n) is 15.8. The van der Waals surface area contributed by atoms with E-state index in [0.717, 1.165) is 0 Å². The molecule has 0 amide bonds. The van der Waals surface area contributed by atoms with E-state index in [1.165, 1.54) is 14.2 Å². The molecule has 0 aromatic heterocycles. The fourth-order valence-electron chi connectivity index (χ4n) is 2.42. The largest absolute Gasteiger partial charge is 0.465 e. The minimum absolute atomic E-state index is 0.159. The Morgan fingerprint density at radius 1 is 0.889 bits per heavy atom. The van der Waals surface area contributed by atoms with Gasteiger partial charge in [0.25, 0.3) is 0 Å². The van der Waals surface area contributed by atoms with Crippen molar-refractivity contribution in [1.82, 2.24) is 0 Å². The molecule has 2 aromatic rings. The minimum Gasteiger partial charge on any atom is -0.465 e. The van der Waals surface area contributed by atoms with Crippen molar-refractivity contribution in [2.24, 2.45) is 0 Å². The Morgan fingerprint density at radius 3 is 2.11 bits per heavy atom. The summed E-state index contributed by atoms with van der Waals surface area (Å²) in [6.45, 7) is 7.68. The van der Waals surface area contributed by atoms with Gasteiger partial charge in [-0.25, -0.2) is 9.59 Å². The van der Waals surface area contributed by atoms with Crippen molar-refractivity contribution < 1.29 is 28.8 Å². The third kappa shape index (κ3) is 4.28. The number of hydrogen-bond donors (Lipinski definition) is 0. The second-order valence-electron chi connectivity index (χ2n) is 6.25. The highest BCUT2D eigenvalue weighted by Crippen LogP contribution is 2.36. The van der Waals surface area contributed by atoms with Crippen LogP contribution in [-0.4, -0.2) is 26.2 Å². The van der Waals surface area contributed by atoms with Crippen LogP contribution in [-0.2, 0) is 14.9 Å². The van der Waals surface area contributed by atoms with Crippen molar-refractivity contribution in [1.29, 1.82) is 0 Å². The van der Waals surface area contributed by atoms with Gasteiger partial charge in [-0.05, 0) is 18.2 Å². The molecule has 0 fully saturated rings. The van der Waals surface area contributed by atoms with Gasteiger partial charge in [-0.15, -0.1) is 6.58 Å². The number of carbonyl (C=O) groups excluding carboxylic acids is 2. The second-order valence-corrected chi connectivity index (χ2v) is 6.25. The number of para-hydroxylation sites is 2. The van der Waals surface area contributed by atoms with E-state index >= 15 is 0 Å². The highest BCUT2D eigenvalue weighted by molar-refractivity contribution is 5.93. The van der Waals surface area contributed by atoms with E-state index in [-0.39, 0.29) is 22.6 Å². The molecule has 142 valence electrons. The van der Waals surface area contributed by atoms with Crippen LogP contribution in [0, 0.1) is 0 Å². The van der Waals surface area contributed by atoms with Crippen molar-refractivity contribution >= 4 is 11.9 Å². The number of carbonyl (C=O) groups is 2. The number of ether oxygens (including phenoxy) is 2. The monoisotopic (exact) mass is 370 g/mol. The Morgan fingerprint density at radius 2 is 1.48 bits per heavy atom. The highest BCUT2D eigenvalue weighted by atomic mass is 17.2. The van der Waals surface area contributed by atoms with Gasteiger partial charge in [0.05, 0.1) is 14.2 Å². The minimum atomic E-state index is -0.573. The number of esters is 2. The fourth-order valence-corrected chi connectivity index (χ4v) is 2.42. The molecule has 0 bridgehead atoms. The molecule has 6 heteroatoms. The molecule has 6 nitrogen and oxygen atoms in total. The van der Waals surface area contributed by atoms with Gasteiger partial charge in [0.1, 0.15) is 11.1 Å². The van der Waals surface area contributed by atoms with Crippen molar-refractivity contribution in [3.05, 3.63) is 71.8 Å². The molecule has 0 unspecified atom stereocenters. The summed E-state index contributed by atoms with van der Waals surface area (Å²) in [6.07, 6.45) is 1.73. The van der Waals surface area contributed by atoms with Crippen molar-refractivity contribution in [2.75, 3.05) is 14.2 Å². The van der Waals surface area contributed by atoms with Crippen LogP contribution in [0.25, 0.3) is 0 Å². The van der Waals surface area contributed by atoms with Gasteiger partial charge < -0.3 is 9.47 Å². The summed E-state index contributed by atoms with van der Waals surface area (Å²) in [5.41, 5.74) is 0.557. The Balaban J connectivity index is 2.48. The molecule has 27 heavy (non-hydrogen) atoms. The zero-order chi connectivity index (χ0) is 20.0. The summed E-state index contributed by atoms with van der Waals surface area (Å²) in [7, 11) is 2.56. The van der Waals surface area contributed by atoms with Gasteiger partial charge in [-0.1, -0.05) is 44.2 Å². The van der Waals surface area contributed by atoms with Crippen LogP contribution in [0.5, 0.6) is 11.5 Å². The molecule has 0 atom stereocenters. The van der Waals surface area contributed by atoms with Crippen LogP contribution in [0.1, 0.15) is 40.1 Å². The summed E-state index contributed by atoms with van der Waals surface area (Å²) in [6, 6.07) is 11.6. The van der Waals surface area contributed by atoms with Gasteiger partial charge >= 0.3 is 11.9 Å². The fraction of sp³-hybridized carbons (Fsp3) is 0.238. The molecule has 0 radical (unpaired) electrons. The summed E-state index contributed by atoms with van der Waals surface area (Å²) >= 11 is 0. The third-order valence-corrected chi connectivity index (χ3v) is 4.13. The first-order valence-corrected chi connectivity index (χ1v) is 8.23. The molecule has 0 heterocycles. The topological polar surface area (TPSA) is 71.1 Å². The number of hydrogen-bond acceptors (Lipinski definition) is 6. The van der Waals surface area contributed by atoms with Gasteiger partial charge in [-0.2, -0.15) is 0 Å². The maximum absolute atomic E-state index is 12.2. The Labute approximate surface area is 158 Å². The van der Waals surface area contributed by atoms with E-state index in [2.05, 4.69) is 6.58 Å². The first-order chi connectivity index (χ1) is 12.9. The molecule has 0 saturated carbocycles. The molecular weight excluding hydrogens is 348 g/mol. The molecule has 0 spiro atoms. The van der Waals surface area contributed by atoms with Crippen molar-refractivity contribution in [3.8, 4) is 11.5 Å². The van der Waals surface area contributed by atoms with Crippen LogP contribution < -0.4 is 9.78 Å². The lowest BCUT2D eigenvalue weighted by atomic mass is 9.83. The van der Waals surface area contributed by atoms with Crippen molar-refractivity contribution in [2.45, 2.75) is 19.3 Å². The van der Waals surface area contributed by atoms with E-state index in [9.17, 15) is 9.59 Å². The van der Waals surface area contributed by atoms with Crippen LogP contribution in [0.3, 0.4) is 0 Å². The average molecular weight is 370 g/mol. The summed E-state index contributed by atoms with van der Waals surface area (Å²) in [5, 5.41) is 0. The third-order valence-electron chi connectivity index (χ3n) is 4.13. The first kappa shape index (κ1) is 20.0. The Kier molecular flexibility index (Phi) is 6.23. The predicted molar refractivity (Wildman–Crippen MR) is 100 cm³/mol. The molecule has 0 N–H and O–H groups in total. The summed E-state index contributed by atoms with van der Waals surface area (Å²) < 4.78 is 9.58. The lowest BCUT2D eigenvalue weighted by Crippen LogP contribution is -2.19. The van der Waals surface area contributed by atoms with Crippen LogP contribution >= 0.6 is 0 Å². The lowest BCUT2D eigenvalue weighted by molar-refractivity contribution is -0.102. The lowest BCUT2D eigenvalue weighted by Gasteiger charge is -2.24. The van der Waals surface area contributed by atoms with Gasteiger partial charge in [0, 0.05) is 11.0 Å². The highest BCUT2D eigenvalue weighted by Gasteiger charge is 2.27. The van der Waals surface area contributed by atoms with E-state index in [4.69, 9.17) is 19.2 Å². The number of rotatable bonds is 7. The van der Waals surface area contributed by atoms with Gasteiger partial charge in [0.2, 0.25) is 0 Å². The molecule has 0 aliphatic carbocycles. The molecule has 0 aliphatic heterocycles. The molecule has 0 saturated heterocycles. The predicted octanol–water partition coefficient (Wildman–Crippen LogP) is 4.10. The standard InChI is InChI=1S/C21H22O6/c1-6-21(2,3)16-12-9-11-15(20(23)25-5)18(16)27-26-17-13-8-7-10-14(17)19(22)24-4/h6-13H,1H2,2-5H3. The van der Waals surface area contributed by atoms with Gasteiger partial charge in [-0.3, -0.25) is 9.78 Å². The molecular formula is C21H22O6. The number of benzene rings is 2. The number of allylic oxidation sites excluding steroid dienone is 1. The van der Waals surface area contributed by atoms with Crippen LogP contribution in [0.15, 0.2) is 55.1 Å². The summed E-state index contributed by atoms with van der Waals surface area (Å²) in [4.78, 5) is 35.0. The molecule has 0 aliphatic rings. The maximum Gasteiger partial charge on any atom is 0.341 e. The normalized spacial score (nSPS) is 10.7. The summed E-state index contributed by atoms with van der Waals surface area (Å²) in [5.74, 6) is -0.793. The average Bonchev–Trinajstić information content (AvgIpc) is 2.70. The van der Waals surface area contributed by atoms with Crippen molar-refractivity contribution in [3.63, 3.8) is 0 Å². The van der Waals surface area contributed by atoms with E-state index < -0.39 is 17.4 Å². The zero-order valence-corrected chi connectivity index (χ0v) is 15.8. The quantitative estimate of drug-likeness (QED) is 0.316. The smallest absolute Gasteiger partial charge is 0.341 e. The Bertz CT molecular complexity index is 854. The number of methoxy groups -OCH3 is 2. The van der Waals surface area contributed by atoms with E-state index in [1.54, 1.807) is 48.5 Å².